The summed E-state index contributed by atoms with van der Waals surface area (Å²) in [5.41, 5.74) is 9.64. The van der Waals surface area contributed by atoms with Crippen molar-refractivity contribution < 1.29 is 24.2 Å². The smallest absolute Gasteiger partial charge is 0.0253 e. The molecule has 0 heterocycles. The summed E-state index contributed by atoms with van der Waals surface area (Å²) in [4.78, 5) is 0. The van der Waals surface area contributed by atoms with Crippen LogP contribution in [0.25, 0.3) is 11.1 Å². The van der Waals surface area contributed by atoms with Gasteiger partial charge in [-0.3, -0.25) is 6.08 Å². The molecular formula is C36H36Zr-4. The molecule has 2 aliphatic rings. The molecule has 0 aliphatic heterocycles. The van der Waals surface area contributed by atoms with Crippen molar-refractivity contribution in [3.05, 3.63) is 170 Å². The van der Waals surface area contributed by atoms with E-state index >= 15 is 0 Å². The van der Waals surface area contributed by atoms with E-state index in [0.29, 0.717) is 0 Å². The normalized spacial score (nSPS) is 11.6. The van der Waals surface area contributed by atoms with Gasteiger partial charge in [0.1, 0.15) is 0 Å². The number of benzene rings is 4. The maximum Gasteiger partial charge on any atom is -0.0253 e. The molecule has 37 heavy (non-hydrogen) atoms. The first kappa shape index (κ1) is 30.3. The van der Waals surface area contributed by atoms with Crippen LogP contribution < -0.4 is 0 Å². The van der Waals surface area contributed by atoms with Crippen LogP contribution in [0.4, 0.5) is 0 Å². The van der Waals surface area contributed by atoms with Crippen LogP contribution in [-0.2, 0) is 30.7 Å². The predicted octanol–water partition coefficient (Wildman–Crippen LogP) is 9.24. The third-order valence-corrected chi connectivity index (χ3v) is 7.47. The van der Waals surface area contributed by atoms with E-state index in [-0.39, 0.29) is 14.9 Å². The van der Waals surface area contributed by atoms with Gasteiger partial charge in [0.15, 0.2) is 0 Å². The Bertz CT molecular complexity index is 1210. The molecule has 0 radical (unpaired) electrons. The van der Waals surface area contributed by atoms with E-state index in [1.165, 1.54) is 79.2 Å². The van der Waals surface area contributed by atoms with E-state index in [2.05, 4.69) is 128 Å². The zero-order valence-electron chi connectivity index (χ0n) is 22.3. The average Bonchev–Trinajstić information content (AvgIpc) is 3.58. The molecule has 0 N–H and O–H groups in total. The molecule has 0 fully saturated rings. The predicted molar refractivity (Wildman–Crippen MR) is 158 cm³/mol. The molecule has 1 heteroatoms. The topological polar surface area (TPSA) is 0 Å². The molecule has 4 aromatic rings. The van der Waals surface area contributed by atoms with Crippen molar-refractivity contribution in [1.29, 1.82) is 0 Å². The fraction of sp³-hybridized carbons (Fsp3) is 0.139. The Morgan fingerprint density at radius 1 is 0.757 bits per heavy atom. The van der Waals surface area contributed by atoms with Crippen LogP contribution in [0.15, 0.2) is 121 Å². The van der Waals surface area contributed by atoms with Crippen molar-refractivity contribution in [2.24, 2.45) is 0 Å². The van der Waals surface area contributed by atoms with Crippen LogP contribution in [0.2, 0.25) is 0 Å². The van der Waals surface area contributed by atoms with Gasteiger partial charge in [-0.2, -0.15) is 35.9 Å². The second-order valence-electron chi connectivity index (χ2n) is 8.58. The van der Waals surface area contributed by atoms with Gasteiger partial charge in [0.05, 0.1) is 0 Å². The van der Waals surface area contributed by atoms with Crippen molar-refractivity contribution in [2.75, 3.05) is 0 Å². The SMILES string of the molecule is CCCC1=CC[C-]=C1.[CH3-].[CH3-].[Zr]=[C](c1ccccc1)c1ccccc1.[c-]1cccc2c1Cc1ccccc1-2. The number of fused-ring (bicyclic) bond motifs is 3. The maximum absolute atomic E-state index is 3.30. The molecule has 0 nitrogen and oxygen atoms in total. The minimum Gasteiger partial charge on any atom is -0.179 e. The molecule has 0 saturated carbocycles. The number of allylic oxidation sites excluding steroid dienone is 4. The molecule has 0 saturated heterocycles. The summed E-state index contributed by atoms with van der Waals surface area (Å²) in [5.74, 6) is 0. The van der Waals surface area contributed by atoms with Gasteiger partial charge in [0.25, 0.3) is 0 Å². The summed E-state index contributed by atoms with van der Waals surface area (Å²) in [5, 5.41) is 0. The van der Waals surface area contributed by atoms with E-state index in [9.17, 15) is 0 Å². The Kier molecular flexibility index (Phi) is 13.2. The molecule has 0 aromatic heterocycles. The third-order valence-electron chi connectivity index (χ3n) is 6.05. The monoisotopic (exact) mass is 558 g/mol. The molecule has 0 bridgehead atoms. The summed E-state index contributed by atoms with van der Waals surface area (Å²) < 4.78 is 1.42. The van der Waals surface area contributed by atoms with Crippen LogP contribution in [0.1, 0.15) is 48.4 Å². The number of rotatable bonds is 4. The Balaban J connectivity index is 0.000000197. The van der Waals surface area contributed by atoms with Gasteiger partial charge in [0, 0.05) is 0 Å². The molecule has 0 spiro atoms. The zero-order valence-corrected chi connectivity index (χ0v) is 24.8. The largest absolute Gasteiger partial charge is 0.179 e. The van der Waals surface area contributed by atoms with Crippen LogP contribution in [0.5, 0.6) is 0 Å². The molecule has 188 valence electrons. The minimum absolute atomic E-state index is 0. The number of hydrogen-bond donors (Lipinski definition) is 0. The molecular weight excluding hydrogens is 524 g/mol. The Labute approximate surface area is 240 Å². The number of hydrogen-bond acceptors (Lipinski definition) is 0. The fourth-order valence-corrected chi connectivity index (χ4v) is 5.10. The Hall–Kier alpha value is -2.89. The maximum atomic E-state index is 3.30. The summed E-state index contributed by atoms with van der Waals surface area (Å²) in [6, 6.07) is 39.2. The molecule has 6 rings (SSSR count). The fourth-order valence-electron chi connectivity index (χ4n) is 4.28. The van der Waals surface area contributed by atoms with Crippen molar-refractivity contribution in [3.63, 3.8) is 0 Å². The zero-order chi connectivity index (χ0) is 24.3. The first-order chi connectivity index (χ1) is 17.3. The van der Waals surface area contributed by atoms with Crippen LogP contribution in [-0.4, -0.2) is 3.21 Å². The van der Waals surface area contributed by atoms with Gasteiger partial charge in [0.2, 0.25) is 0 Å². The van der Waals surface area contributed by atoms with E-state index < -0.39 is 0 Å². The van der Waals surface area contributed by atoms with E-state index in [0.717, 1.165) is 12.8 Å². The van der Waals surface area contributed by atoms with Crippen molar-refractivity contribution >= 4 is 3.21 Å². The van der Waals surface area contributed by atoms with E-state index in [4.69, 9.17) is 0 Å². The third kappa shape index (κ3) is 8.58. The minimum atomic E-state index is 0. The van der Waals surface area contributed by atoms with Crippen molar-refractivity contribution in [3.8, 4) is 11.1 Å². The quantitative estimate of drug-likeness (QED) is 0.193. The summed E-state index contributed by atoms with van der Waals surface area (Å²) in [7, 11) is 0. The first-order valence-electron chi connectivity index (χ1n) is 12.3. The molecule has 0 unspecified atom stereocenters. The van der Waals surface area contributed by atoms with Gasteiger partial charge < -0.3 is 14.9 Å². The molecule has 4 aromatic carbocycles. The summed E-state index contributed by atoms with van der Waals surface area (Å²) in [6.45, 7) is 2.20. The standard InChI is InChI=1S/C13H9.C13H10.C8H11.2CH3.Zr/c1-3-7-12-10(5-1)9-11-6-2-4-8-13(11)12;1-3-7-12(8-4-1)11-13-9-5-2-6-10-13;1-2-5-8-6-3-4-7-8;;;/h1-5,7-8H,9H2;1-10H;6-7H,2-3,5H2,1H3;2*1H3;/q-1;;3*-1;. The van der Waals surface area contributed by atoms with Gasteiger partial charge >= 0.3 is 99.2 Å². The second-order valence-corrected chi connectivity index (χ2v) is 9.81. The van der Waals surface area contributed by atoms with Crippen LogP contribution >= 0.6 is 0 Å². The second kappa shape index (κ2) is 16.1. The van der Waals surface area contributed by atoms with Crippen LogP contribution in [0.3, 0.4) is 0 Å². The van der Waals surface area contributed by atoms with E-state index in [1.54, 1.807) is 0 Å². The van der Waals surface area contributed by atoms with Crippen molar-refractivity contribution in [1.82, 2.24) is 0 Å². The molecule has 0 atom stereocenters. The van der Waals surface area contributed by atoms with Gasteiger partial charge in [-0.25, -0.2) is 11.6 Å². The van der Waals surface area contributed by atoms with Crippen LogP contribution in [0, 0.1) is 27.0 Å². The van der Waals surface area contributed by atoms with Crippen molar-refractivity contribution in [2.45, 2.75) is 32.6 Å². The molecule has 0 amide bonds. The summed E-state index contributed by atoms with van der Waals surface area (Å²) in [6.07, 6.45) is 12.0. The molecule has 2 aliphatic carbocycles. The van der Waals surface area contributed by atoms with Gasteiger partial charge in [-0.1, -0.05) is 55.2 Å². The Morgan fingerprint density at radius 3 is 1.95 bits per heavy atom. The van der Waals surface area contributed by atoms with Gasteiger partial charge in [-0.15, -0.1) is 12.0 Å². The van der Waals surface area contributed by atoms with Gasteiger partial charge in [-0.05, 0) is 6.42 Å². The average molecular weight is 560 g/mol. The first-order valence-corrected chi connectivity index (χ1v) is 13.5. The Morgan fingerprint density at radius 2 is 1.35 bits per heavy atom. The summed E-state index contributed by atoms with van der Waals surface area (Å²) >= 11 is 1.46. The van der Waals surface area contributed by atoms with E-state index in [1.807, 2.05) is 6.07 Å².